The van der Waals surface area contributed by atoms with Crippen molar-refractivity contribution in [3.8, 4) is 0 Å². The minimum atomic E-state index is -0.0703. The van der Waals surface area contributed by atoms with Gasteiger partial charge in [-0.2, -0.15) is 0 Å². The van der Waals surface area contributed by atoms with Crippen LogP contribution >= 0.6 is 11.8 Å². The van der Waals surface area contributed by atoms with Gasteiger partial charge < -0.3 is 14.7 Å². The van der Waals surface area contributed by atoms with Crippen LogP contribution in [0.4, 0.5) is 5.69 Å². The minimum Gasteiger partial charge on any atom is -0.337 e. The van der Waals surface area contributed by atoms with Crippen LogP contribution in [0.25, 0.3) is 0 Å². The normalized spacial score (nSPS) is 22.4. The molecule has 1 unspecified atom stereocenters. The minimum absolute atomic E-state index is 0.0123. The predicted octanol–water partition coefficient (Wildman–Crippen LogP) is 1.77. The summed E-state index contributed by atoms with van der Waals surface area (Å²) in [5, 5.41) is 0.0969. The first-order valence-electron chi connectivity index (χ1n) is 9.53. The van der Waals surface area contributed by atoms with E-state index in [1.807, 2.05) is 17.0 Å². The average molecular weight is 388 g/mol. The molecule has 3 aliphatic heterocycles. The van der Waals surface area contributed by atoms with Gasteiger partial charge in [0.25, 0.3) is 5.91 Å². The summed E-state index contributed by atoms with van der Waals surface area (Å²) in [5.74, 6) is 1.24. The lowest BCUT2D eigenvalue weighted by atomic mass is 10.0. The van der Waals surface area contributed by atoms with Crippen molar-refractivity contribution in [2.45, 2.75) is 37.0 Å². The third-order valence-corrected chi connectivity index (χ3v) is 7.31. The number of nitrogens with zero attached hydrogens (tertiary/aromatic N) is 3. The monoisotopic (exact) mass is 387 g/mol. The molecule has 7 heteroatoms. The van der Waals surface area contributed by atoms with E-state index in [1.165, 1.54) is 6.42 Å². The highest BCUT2D eigenvalue weighted by molar-refractivity contribution is 8.00. The molecule has 2 fully saturated rings. The van der Waals surface area contributed by atoms with Crippen molar-refractivity contribution in [1.29, 1.82) is 0 Å². The highest BCUT2D eigenvalue weighted by Gasteiger charge is 2.39. The second-order valence-electron chi connectivity index (χ2n) is 7.60. The van der Waals surface area contributed by atoms with Gasteiger partial charge in [0.2, 0.25) is 11.8 Å². The Labute approximate surface area is 163 Å². The number of benzene rings is 1. The van der Waals surface area contributed by atoms with Crippen LogP contribution in [-0.2, 0) is 16.0 Å². The van der Waals surface area contributed by atoms with Crippen LogP contribution in [0, 0.1) is 0 Å². The van der Waals surface area contributed by atoms with Crippen molar-refractivity contribution in [3.63, 3.8) is 0 Å². The second-order valence-corrected chi connectivity index (χ2v) is 8.91. The molecule has 0 N–H and O–H groups in total. The summed E-state index contributed by atoms with van der Waals surface area (Å²) in [6.07, 6.45) is 3.58. The van der Waals surface area contributed by atoms with Gasteiger partial charge in [-0.25, -0.2) is 0 Å². The van der Waals surface area contributed by atoms with Crippen molar-refractivity contribution in [2.24, 2.45) is 0 Å². The van der Waals surface area contributed by atoms with Crippen LogP contribution in [0.15, 0.2) is 18.2 Å². The van der Waals surface area contributed by atoms with Crippen LogP contribution < -0.4 is 4.90 Å². The van der Waals surface area contributed by atoms with E-state index in [0.29, 0.717) is 18.7 Å². The Morgan fingerprint density at radius 1 is 1.22 bits per heavy atom. The Bertz CT molecular complexity index is 785. The van der Waals surface area contributed by atoms with E-state index in [1.54, 1.807) is 41.7 Å². The number of hydrogen-bond donors (Lipinski definition) is 0. The standard InChI is InChI=1S/C20H25N3O3S/c1-21(13-11-23(12-13)20(26)17-8-3-4-9-27-17)19(25)14-6-5-7-16-15(14)10-18(24)22(16)2/h5-7,13,17H,3-4,8-12H2,1-2H3. The average Bonchev–Trinajstić information content (AvgIpc) is 2.94. The Morgan fingerprint density at radius 3 is 2.70 bits per heavy atom. The summed E-state index contributed by atoms with van der Waals surface area (Å²) < 4.78 is 0. The SMILES string of the molecule is CN1C(=O)Cc2c(C(=O)N(C)C3CN(C(=O)C4CCCCS4)C3)cccc21. The summed E-state index contributed by atoms with van der Waals surface area (Å²) in [7, 11) is 3.54. The third kappa shape index (κ3) is 3.22. The largest absolute Gasteiger partial charge is 0.337 e. The molecule has 3 heterocycles. The van der Waals surface area contributed by atoms with Gasteiger partial charge in [0.15, 0.2) is 0 Å². The Hall–Kier alpha value is -2.02. The summed E-state index contributed by atoms with van der Waals surface area (Å²) in [6, 6.07) is 5.54. The molecule has 0 saturated carbocycles. The van der Waals surface area contributed by atoms with Crippen LogP contribution in [-0.4, -0.2) is 71.8 Å². The van der Waals surface area contributed by atoms with Crippen LogP contribution in [0.5, 0.6) is 0 Å². The first-order chi connectivity index (χ1) is 13.0. The number of likely N-dealkylation sites (N-methyl/N-ethyl adjacent to an activating group) is 2. The Balaban J connectivity index is 1.40. The molecule has 0 bridgehead atoms. The smallest absolute Gasteiger partial charge is 0.254 e. The van der Waals surface area contributed by atoms with Gasteiger partial charge >= 0.3 is 0 Å². The lowest BCUT2D eigenvalue weighted by Gasteiger charge is -2.45. The lowest BCUT2D eigenvalue weighted by molar-refractivity contribution is -0.137. The van der Waals surface area contributed by atoms with Crippen LogP contribution in [0.1, 0.15) is 35.2 Å². The number of thioether (sulfide) groups is 1. The quantitative estimate of drug-likeness (QED) is 0.793. The fourth-order valence-electron chi connectivity index (χ4n) is 4.05. The van der Waals surface area contributed by atoms with E-state index in [2.05, 4.69) is 0 Å². The van der Waals surface area contributed by atoms with Gasteiger partial charge in [-0.1, -0.05) is 12.5 Å². The Kier molecular flexibility index (Phi) is 4.88. The van der Waals surface area contributed by atoms with Crippen molar-refractivity contribution in [1.82, 2.24) is 9.80 Å². The molecule has 3 amide bonds. The molecule has 0 aromatic heterocycles. The molecule has 1 aromatic rings. The summed E-state index contributed by atoms with van der Waals surface area (Å²) in [6.45, 7) is 1.21. The maximum absolute atomic E-state index is 13.0. The number of amides is 3. The number of rotatable bonds is 3. The highest BCUT2D eigenvalue weighted by atomic mass is 32.2. The molecule has 3 aliphatic rings. The number of likely N-dealkylation sites (tertiary alicyclic amines) is 1. The zero-order valence-electron chi connectivity index (χ0n) is 15.8. The molecule has 0 aliphatic carbocycles. The summed E-state index contributed by atoms with van der Waals surface area (Å²) >= 11 is 1.77. The zero-order chi connectivity index (χ0) is 19.1. The van der Waals surface area contributed by atoms with E-state index >= 15 is 0 Å². The van der Waals surface area contributed by atoms with Gasteiger partial charge in [-0.05, 0) is 36.3 Å². The first-order valence-corrected chi connectivity index (χ1v) is 10.6. The summed E-state index contributed by atoms with van der Waals surface area (Å²) in [5.41, 5.74) is 2.23. The maximum Gasteiger partial charge on any atom is 0.254 e. The fraction of sp³-hybridized carbons (Fsp3) is 0.550. The van der Waals surface area contributed by atoms with Gasteiger partial charge in [0.1, 0.15) is 0 Å². The topological polar surface area (TPSA) is 60.9 Å². The molecule has 2 saturated heterocycles. The van der Waals surface area contributed by atoms with E-state index in [9.17, 15) is 14.4 Å². The number of anilines is 1. The van der Waals surface area contributed by atoms with Crippen molar-refractivity contribution < 1.29 is 14.4 Å². The first kappa shape index (κ1) is 18.3. The highest BCUT2D eigenvalue weighted by Crippen LogP contribution is 2.32. The van der Waals surface area contributed by atoms with E-state index in [4.69, 9.17) is 0 Å². The lowest BCUT2D eigenvalue weighted by Crippen LogP contribution is -2.62. The van der Waals surface area contributed by atoms with E-state index < -0.39 is 0 Å². The number of carbonyl (C=O) groups excluding carboxylic acids is 3. The molecular weight excluding hydrogens is 362 g/mol. The maximum atomic E-state index is 13.0. The molecule has 6 nitrogen and oxygen atoms in total. The molecule has 144 valence electrons. The molecule has 1 atom stereocenters. The molecule has 1 aromatic carbocycles. The molecule has 27 heavy (non-hydrogen) atoms. The van der Waals surface area contributed by atoms with Crippen LogP contribution in [0.2, 0.25) is 0 Å². The predicted molar refractivity (Wildman–Crippen MR) is 106 cm³/mol. The molecular formula is C20H25N3O3S. The second kappa shape index (κ2) is 7.19. The Morgan fingerprint density at radius 2 is 2.00 bits per heavy atom. The molecule has 4 rings (SSSR count). The van der Waals surface area contributed by atoms with Gasteiger partial charge in [-0.15, -0.1) is 11.8 Å². The van der Waals surface area contributed by atoms with Gasteiger partial charge in [0.05, 0.1) is 17.7 Å². The number of fused-ring (bicyclic) bond motifs is 1. The summed E-state index contributed by atoms with van der Waals surface area (Å²) in [4.78, 5) is 42.8. The van der Waals surface area contributed by atoms with Crippen molar-refractivity contribution >= 4 is 35.2 Å². The molecule has 0 radical (unpaired) electrons. The molecule has 0 spiro atoms. The van der Waals surface area contributed by atoms with Crippen molar-refractivity contribution in [3.05, 3.63) is 29.3 Å². The van der Waals surface area contributed by atoms with Crippen LogP contribution in [0.3, 0.4) is 0 Å². The van der Waals surface area contributed by atoms with Crippen molar-refractivity contribution in [2.75, 3.05) is 37.8 Å². The fourth-order valence-corrected chi connectivity index (χ4v) is 5.33. The zero-order valence-corrected chi connectivity index (χ0v) is 16.6. The number of carbonyl (C=O) groups is 3. The van der Waals surface area contributed by atoms with E-state index in [-0.39, 0.29) is 35.4 Å². The van der Waals surface area contributed by atoms with E-state index in [0.717, 1.165) is 29.8 Å². The van der Waals surface area contributed by atoms with Gasteiger partial charge in [0, 0.05) is 38.4 Å². The van der Waals surface area contributed by atoms with Gasteiger partial charge in [-0.3, -0.25) is 14.4 Å². The third-order valence-electron chi connectivity index (χ3n) is 5.94. The number of hydrogen-bond acceptors (Lipinski definition) is 4.